The Labute approximate surface area is 88.6 Å². The molecule has 4 heteroatoms. The summed E-state index contributed by atoms with van der Waals surface area (Å²) in [7, 11) is 1.68. The Morgan fingerprint density at radius 1 is 1.46 bits per heavy atom. The second-order valence-corrected chi connectivity index (χ2v) is 6.03. The van der Waals surface area contributed by atoms with Gasteiger partial charge in [-0.15, -0.1) is 11.7 Å². The van der Waals surface area contributed by atoms with Crippen LogP contribution in [0, 0.1) is 0 Å². The van der Waals surface area contributed by atoms with Crippen molar-refractivity contribution in [1.82, 2.24) is 0 Å². The lowest BCUT2D eigenvalue weighted by atomic mass is 10.2. The smallest absolute Gasteiger partial charge is 0.163 e. The molecule has 0 amide bonds. The van der Waals surface area contributed by atoms with E-state index in [4.69, 9.17) is 9.47 Å². The lowest BCUT2D eigenvalue weighted by molar-refractivity contribution is -0.139. The molecule has 0 aromatic rings. The molecule has 2 nitrogen and oxygen atoms in total. The minimum absolute atomic E-state index is 0.275. The highest BCUT2D eigenvalue weighted by molar-refractivity contribution is 8.69. The Balaban J connectivity index is 1.84. The fraction of sp³-hybridized carbons (Fsp3) is 1.00. The molecule has 0 spiro atoms. The summed E-state index contributed by atoms with van der Waals surface area (Å²) in [6.45, 7) is 4.68. The molecular formula is C9H16O2S2. The summed E-state index contributed by atoms with van der Waals surface area (Å²) >= 11 is 4.30. The molecule has 2 fully saturated rings. The Morgan fingerprint density at radius 3 is 2.54 bits per heavy atom. The molecule has 0 aromatic carbocycles. The molecule has 1 saturated heterocycles. The average molecular weight is 220 g/mol. The molecule has 13 heavy (non-hydrogen) atoms. The van der Waals surface area contributed by atoms with Crippen molar-refractivity contribution in [2.24, 2.45) is 0 Å². The Hall–Kier alpha value is 0.620. The summed E-state index contributed by atoms with van der Waals surface area (Å²) in [4.78, 5) is 0. The average Bonchev–Trinajstić information content (AvgIpc) is 2.74. The van der Waals surface area contributed by atoms with Crippen molar-refractivity contribution in [2.75, 3.05) is 6.61 Å². The van der Waals surface area contributed by atoms with Gasteiger partial charge in [0.25, 0.3) is 0 Å². The number of rotatable bonds is 3. The van der Waals surface area contributed by atoms with Crippen LogP contribution in [0.1, 0.15) is 33.1 Å². The Kier molecular flexibility index (Phi) is 2.60. The van der Waals surface area contributed by atoms with Crippen LogP contribution in [0.15, 0.2) is 0 Å². The van der Waals surface area contributed by atoms with Gasteiger partial charge in [-0.25, -0.2) is 0 Å². The van der Waals surface area contributed by atoms with E-state index >= 15 is 0 Å². The first kappa shape index (κ1) is 10.1. The minimum atomic E-state index is -0.373. The largest absolute Gasteiger partial charge is 0.348 e. The van der Waals surface area contributed by atoms with E-state index in [1.165, 1.54) is 12.8 Å². The van der Waals surface area contributed by atoms with Gasteiger partial charge in [-0.1, -0.05) is 10.8 Å². The zero-order chi connectivity index (χ0) is 9.53. The van der Waals surface area contributed by atoms with Gasteiger partial charge in [-0.3, -0.25) is 0 Å². The monoisotopic (exact) mass is 220 g/mol. The topological polar surface area (TPSA) is 18.5 Å². The molecule has 0 aromatic heterocycles. The number of hydrogen-bond acceptors (Lipinski definition) is 4. The maximum Gasteiger partial charge on any atom is 0.163 e. The van der Waals surface area contributed by atoms with E-state index in [1.807, 2.05) is 13.8 Å². The van der Waals surface area contributed by atoms with E-state index in [0.29, 0.717) is 4.75 Å². The van der Waals surface area contributed by atoms with Gasteiger partial charge in [0.2, 0.25) is 0 Å². The van der Waals surface area contributed by atoms with Gasteiger partial charge in [-0.05, 0) is 33.1 Å². The Morgan fingerprint density at radius 2 is 2.15 bits per heavy atom. The van der Waals surface area contributed by atoms with E-state index in [2.05, 4.69) is 11.7 Å². The molecule has 0 radical (unpaired) electrons. The van der Waals surface area contributed by atoms with Crippen LogP contribution < -0.4 is 0 Å². The SMILES string of the molecule is CC1(C)OC[C@@H](CC2(SS)CC2)O1. The standard InChI is InChI=1S/C9H16O2S2/c1-8(2)10-6-7(11-8)5-9(13-12)3-4-9/h7,12H,3-6H2,1-2H3/t7-/m1/s1. The predicted molar refractivity (Wildman–Crippen MR) is 58.1 cm³/mol. The highest BCUT2D eigenvalue weighted by Gasteiger charge is 2.47. The van der Waals surface area contributed by atoms with Crippen LogP contribution in [-0.2, 0) is 9.47 Å². The van der Waals surface area contributed by atoms with Gasteiger partial charge < -0.3 is 9.47 Å². The van der Waals surface area contributed by atoms with Gasteiger partial charge in [-0.2, -0.15) is 0 Å². The number of hydrogen-bond donors (Lipinski definition) is 1. The van der Waals surface area contributed by atoms with Crippen LogP contribution in [0.3, 0.4) is 0 Å². The van der Waals surface area contributed by atoms with Crippen molar-refractivity contribution in [2.45, 2.75) is 49.7 Å². The molecular weight excluding hydrogens is 204 g/mol. The van der Waals surface area contributed by atoms with E-state index in [9.17, 15) is 0 Å². The first-order valence-corrected chi connectivity index (χ1v) is 6.57. The lowest BCUT2D eigenvalue weighted by Crippen LogP contribution is -2.23. The summed E-state index contributed by atoms with van der Waals surface area (Å²) < 4.78 is 11.7. The molecule has 0 N–H and O–H groups in total. The normalized spacial score (nSPS) is 34.8. The Bertz CT molecular complexity index is 202. The van der Waals surface area contributed by atoms with Crippen molar-refractivity contribution < 1.29 is 9.47 Å². The highest BCUT2D eigenvalue weighted by atomic mass is 33.1. The van der Waals surface area contributed by atoms with Gasteiger partial charge >= 0.3 is 0 Å². The fourth-order valence-electron chi connectivity index (χ4n) is 1.75. The molecule has 1 aliphatic heterocycles. The van der Waals surface area contributed by atoms with Gasteiger partial charge in [0.15, 0.2) is 5.79 Å². The molecule has 2 rings (SSSR count). The zero-order valence-electron chi connectivity index (χ0n) is 8.08. The molecule has 0 unspecified atom stereocenters. The van der Waals surface area contributed by atoms with Crippen LogP contribution in [0.25, 0.3) is 0 Å². The summed E-state index contributed by atoms with van der Waals surface area (Å²) in [5.74, 6) is -0.373. The first-order chi connectivity index (χ1) is 6.05. The molecule has 76 valence electrons. The third-order valence-corrected chi connectivity index (χ3v) is 4.79. The first-order valence-electron chi connectivity index (χ1n) is 4.70. The van der Waals surface area contributed by atoms with Crippen molar-refractivity contribution >= 4 is 22.5 Å². The van der Waals surface area contributed by atoms with E-state index < -0.39 is 0 Å². The van der Waals surface area contributed by atoms with E-state index in [0.717, 1.165) is 13.0 Å². The van der Waals surface area contributed by atoms with E-state index in [1.54, 1.807) is 10.8 Å². The number of thiol groups is 1. The van der Waals surface area contributed by atoms with Crippen LogP contribution in [-0.4, -0.2) is 23.2 Å². The third kappa shape index (κ3) is 2.35. The van der Waals surface area contributed by atoms with Crippen molar-refractivity contribution in [1.29, 1.82) is 0 Å². The molecule has 1 atom stereocenters. The third-order valence-electron chi connectivity index (χ3n) is 2.67. The maximum absolute atomic E-state index is 5.76. The fourth-order valence-corrected chi connectivity index (χ4v) is 3.07. The van der Waals surface area contributed by atoms with Crippen LogP contribution in [0.4, 0.5) is 0 Å². The quantitative estimate of drug-likeness (QED) is 0.582. The summed E-state index contributed by atoms with van der Waals surface area (Å²) in [5.41, 5.74) is 0. The van der Waals surface area contributed by atoms with Gasteiger partial charge in [0, 0.05) is 4.75 Å². The van der Waals surface area contributed by atoms with Crippen molar-refractivity contribution in [3.05, 3.63) is 0 Å². The summed E-state index contributed by atoms with van der Waals surface area (Å²) in [6.07, 6.45) is 3.92. The molecule has 1 heterocycles. The minimum Gasteiger partial charge on any atom is -0.348 e. The van der Waals surface area contributed by atoms with Gasteiger partial charge in [0.05, 0.1) is 12.7 Å². The second-order valence-electron chi connectivity index (χ2n) is 4.43. The van der Waals surface area contributed by atoms with Crippen LogP contribution in [0.2, 0.25) is 0 Å². The van der Waals surface area contributed by atoms with Crippen LogP contribution in [0.5, 0.6) is 0 Å². The van der Waals surface area contributed by atoms with Crippen molar-refractivity contribution in [3.63, 3.8) is 0 Å². The lowest BCUT2D eigenvalue weighted by Gasteiger charge is -2.19. The molecule has 1 aliphatic carbocycles. The second kappa shape index (κ2) is 3.33. The summed E-state index contributed by atoms with van der Waals surface area (Å²) in [5, 5.41) is 0. The number of ether oxygens (including phenoxy) is 2. The summed E-state index contributed by atoms with van der Waals surface area (Å²) in [6, 6.07) is 0. The zero-order valence-corrected chi connectivity index (χ0v) is 9.79. The highest BCUT2D eigenvalue weighted by Crippen LogP contribution is 2.54. The van der Waals surface area contributed by atoms with Crippen molar-refractivity contribution in [3.8, 4) is 0 Å². The van der Waals surface area contributed by atoms with E-state index in [-0.39, 0.29) is 11.9 Å². The van der Waals surface area contributed by atoms with Crippen LogP contribution >= 0.6 is 22.5 Å². The molecule has 0 bridgehead atoms. The molecule has 2 aliphatic rings. The molecule has 1 saturated carbocycles. The predicted octanol–water partition coefficient (Wildman–Crippen LogP) is 2.64. The van der Waals surface area contributed by atoms with Gasteiger partial charge in [0.1, 0.15) is 0 Å². The maximum atomic E-state index is 5.76.